The van der Waals surface area contributed by atoms with Crippen molar-refractivity contribution in [1.82, 2.24) is 4.83 Å². The van der Waals surface area contributed by atoms with Gasteiger partial charge in [0.15, 0.2) is 11.5 Å². The molecule has 0 fully saturated rings. The fourth-order valence-electron chi connectivity index (χ4n) is 1.92. The third-order valence-electron chi connectivity index (χ3n) is 3.26. The first-order valence-electron chi connectivity index (χ1n) is 6.91. The molecule has 0 spiro atoms. The quantitative estimate of drug-likeness (QED) is 0.583. The van der Waals surface area contributed by atoms with Crippen LogP contribution in [0.25, 0.3) is 0 Å². The summed E-state index contributed by atoms with van der Waals surface area (Å²) < 4.78 is 35.6. The monoisotopic (exact) mass is 412 g/mol. The highest BCUT2D eigenvalue weighted by atomic mass is 79.9. The minimum absolute atomic E-state index is 0.134. The molecular formula is C16H17BrN2O4S. The van der Waals surface area contributed by atoms with Crippen molar-refractivity contribution in [2.24, 2.45) is 5.10 Å². The molecule has 0 aliphatic heterocycles. The van der Waals surface area contributed by atoms with E-state index in [1.807, 2.05) is 0 Å². The van der Waals surface area contributed by atoms with E-state index in [1.54, 1.807) is 44.4 Å². The summed E-state index contributed by atoms with van der Waals surface area (Å²) in [5, 5.41) is 3.97. The lowest BCUT2D eigenvalue weighted by molar-refractivity contribution is 0.355. The molecule has 2 aromatic rings. The van der Waals surface area contributed by atoms with Crippen molar-refractivity contribution in [1.29, 1.82) is 0 Å². The van der Waals surface area contributed by atoms with Crippen LogP contribution >= 0.6 is 15.9 Å². The summed E-state index contributed by atoms with van der Waals surface area (Å²) in [5.41, 5.74) is 1.21. The van der Waals surface area contributed by atoms with E-state index in [1.165, 1.54) is 19.2 Å². The van der Waals surface area contributed by atoms with Crippen molar-refractivity contribution in [2.75, 3.05) is 14.2 Å². The van der Waals surface area contributed by atoms with Crippen molar-refractivity contribution in [3.8, 4) is 11.5 Å². The van der Waals surface area contributed by atoms with Crippen LogP contribution in [-0.4, -0.2) is 28.3 Å². The molecule has 24 heavy (non-hydrogen) atoms. The molecule has 0 saturated heterocycles. The molecule has 1 N–H and O–H groups in total. The van der Waals surface area contributed by atoms with Gasteiger partial charge in [-0.15, -0.1) is 0 Å². The largest absolute Gasteiger partial charge is 0.493 e. The first-order valence-corrected chi connectivity index (χ1v) is 9.19. The second kappa shape index (κ2) is 7.67. The van der Waals surface area contributed by atoms with Gasteiger partial charge in [0.05, 0.1) is 24.8 Å². The molecule has 128 valence electrons. The normalized spacial score (nSPS) is 11.9. The highest BCUT2D eigenvalue weighted by molar-refractivity contribution is 9.10. The molecule has 6 nitrogen and oxygen atoms in total. The molecule has 0 saturated carbocycles. The number of hydrazone groups is 1. The number of sulfonamides is 1. The lowest BCUT2D eigenvalue weighted by atomic mass is 10.1. The summed E-state index contributed by atoms with van der Waals surface area (Å²) in [6.45, 7) is 1.70. The van der Waals surface area contributed by atoms with Crippen LogP contribution in [0.1, 0.15) is 12.5 Å². The molecule has 0 aliphatic rings. The number of ether oxygens (including phenoxy) is 2. The van der Waals surface area contributed by atoms with E-state index >= 15 is 0 Å². The maximum Gasteiger partial charge on any atom is 0.276 e. The molecule has 0 unspecified atom stereocenters. The molecule has 0 atom stereocenters. The Bertz CT molecular complexity index is 849. The van der Waals surface area contributed by atoms with E-state index in [0.29, 0.717) is 22.8 Å². The Labute approximate surface area is 149 Å². The minimum Gasteiger partial charge on any atom is -0.493 e. The maximum absolute atomic E-state index is 12.2. The third-order valence-corrected chi connectivity index (χ3v) is 5.01. The molecule has 0 heterocycles. The van der Waals surface area contributed by atoms with Crippen molar-refractivity contribution in [3.63, 3.8) is 0 Å². The van der Waals surface area contributed by atoms with E-state index in [4.69, 9.17) is 9.47 Å². The Morgan fingerprint density at radius 2 is 1.67 bits per heavy atom. The summed E-state index contributed by atoms with van der Waals surface area (Å²) in [6.07, 6.45) is 0. The number of nitrogens with one attached hydrogen (secondary N) is 1. The number of halogens is 1. The highest BCUT2D eigenvalue weighted by Gasteiger charge is 2.13. The Hall–Kier alpha value is -2.06. The van der Waals surface area contributed by atoms with Crippen LogP contribution in [0.4, 0.5) is 0 Å². The van der Waals surface area contributed by atoms with Gasteiger partial charge in [-0.3, -0.25) is 0 Å². The second-order valence-electron chi connectivity index (χ2n) is 4.82. The fourth-order valence-corrected chi connectivity index (χ4v) is 3.04. The predicted octanol–water partition coefficient (Wildman–Crippen LogP) is 3.17. The van der Waals surface area contributed by atoms with Gasteiger partial charge in [0, 0.05) is 10.0 Å². The molecule has 8 heteroatoms. The van der Waals surface area contributed by atoms with Crippen molar-refractivity contribution in [2.45, 2.75) is 11.8 Å². The van der Waals surface area contributed by atoms with Gasteiger partial charge in [0.2, 0.25) is 0 Å². The van der Waals surface area contributed by atoms with E-state index in [0.717, 1.165) is 4.47 Å². The van der Waals surface area contributed by atoms with E-state index in [-0.39, 0.29) is 4.90 Å². The van der Waals surface area contributed by atoms with Gasteiger partial charge in [-0.25, -0.2) is 0 Å². The van der Waals surface area contributed by atoms with Gasteiger partial charge < -0.3 is 9.47 Å². The van der Waals surface area contributed by atoms with Gasteiger partial charge in [-0.05, 0) is 49.4 Å². The molecule has 0 aromatic heterocycles. The van der Waals surface area contributed by atoms with Crippen molar-refractivity contribution in [3.05, 3.63) is 52.5 Å². The van der Waals surface area contributed by atoms with Crippen LogP contribution in [0.15, 0.2) is 56.9 Å². The SMILES string of the molecule is COc1ccc(/C(C)=N\NS(=O)(=O)c2ccc(Br)cc2)cc1OC. The zero-order valence-electron chi connectivity index (χ0n) is 13.4. The molecule has 0 radical (unpaired) electrons. The predicted molar refractivity (Wildman–Crippen MR) is 96.2 cm³/mol. The standard InChI is InChI=1S/C16H17BrN2O4S/c1-11(12-4-9-15(22-2)16(10-12)23-3)18-19-24(20,21)14-7-5-13(17)6-8-14/h4-10,19H,1-3H3/b18-11-. The smallest absolute Gasteiger partial charge is 0.276 e. The second-order valence-corrected chi connectivity index (χ2v) is 7.39. The lowest BCUT2D eigenvalue weighted by Crippen LogP contribution is -2.19. The fraction of sp³-hybridized carbons (Fsp3) is 0.188. The highest BCUT2D eigenvalue weighted by Crippen LogP contribution is 2.27. The Morgan fingerprint density at radius 3 is 2.25 bits per heavy atom. The first-order chi connectivity index (χ1) is 11.4. The molecule has 0 amide bonds. The third kappa shape index (κ3) is 4.27. The molecule has 2 rings (SSSR count). The van der Waals surface area contributed by atoms with E-state index < -0.39 is 10.0 Å². The van der Waals surface area contributed by atoms with E-state index in [9.17, 15) is 8.42 Å². The average molecular weight is 413 g/mol. The Kier molecular flexibility index (Phi) is 5.84. The van der Waals surface area contributed by atoms with Gasteiger partial charge >= 0.3 is 0 Å². The van der Waals surface area contributed by atoms with Crippen LogP contribution in [0.3, 0.4) is 0 Å². The Morgan fingerprint density at radius 1 is 1.04 bits per heavy atom. The topological polar surface area (TPSA) is 77.0 Å². The summed E-state index contributed by atoms with van der Waals surface area (Å²) in [4.78, 5) is 2.37. The summed E-state index contributed by atoms with van der Waals surface area (Å²) in [5.74, 6) is 1.13. The number of rotatable bonds is 6. The molecule has 0 aliphatic carbocycles. The van der Waals surface area contributed by atoms with Crippen LogP contribution in [-0.2, 0) is 10.0 Å². The lowest BCUT2D eigenvalue weighted by Gasteiger charge is -2.10. The van der Waals surface area contributed by atoms with Gasteiger partial charge in [-0.2, -0.15) is 18.4 Å². The van der Waals surface area contributed by atoms with Gasteiger partial charge in [-0.1, -0.05) is 15.9 Å². The summed E-state index contributed by atoms with van der Waals surface area (Å²) in [7, 11) is -0.644. The van der Waals surface area contributed by atoms with Crippen molar-refractivity contribution >= 4 is 31.7 Å². The number of benzene rings is 2. The zero-order valence-corrected chi connectivity index (χ0v) is 15.8. The van der Waals surface area contributed by atoms with Gasteiger partial charge in [0.1, 0.15) is 0 Å². The van der Waals surface area contributed by atoms with E-state index in [2.05, 4.69) is 25.9 Å². The molecule has 2 aromatic carbocycles. The minimum atomic E-state index is -3.72. The summed E-state index contributed by atoms with van der Waals surface area (Å²) >= 11 is 3.27. The number of hydrogen-bond donors (Lipinski definition) is 1. The average Bonchev–Trinajstić information content (AvgIpc) is 2.59. The van der Waals surface area contributed by atoms with Crippen LogP contribution in [0, 0.1) is 0 Å². The van der Waals surface area contributed by atoms with Gasteiger partial charge in [0.25, 0.3) is 10.0 Å². The Balaban J connectivity index is 2.23. The van der Waals surface area contributed by atoms with Crippen LogP contribution in [0.2, 0.25) is 0 Å². The van der Waals surface area contributed by atoms with Crippen LogP contribution in [0.5, 0.6) is 11.5 Å². The first kappa shape index (κ1) is 18.3. The maximum atomic E-state index is 12.2. The van der Waals surface area contributed by atoms with Crippen LogP contribution < -0.4 is 14.3 Å². The van der Waals surface area contributed by atoms with Crippen molar-refractivity contribution < 1.29 is 17.9 Å². The summed E-state index contributed by atoms with van der Waals surface area (Å²) in [6, 6.07) is 11.5. The zero-order chi connectivity index (χ0) is 17.7. The molecular weight excluding hydrogens is 396 g/mol. The molecule has 0 bridgehead atoms. The number of nitrogens with zero attached hydrogens (tertiary/aromatic N) is 1. The number of methoxy groups -OCH3 is 2. The number of hydrogen-bond acceptors (Lipinski definition) is 5.